The molecule has 3 N–H and O–H groups in total. The Labute approximate surface area is 103 Å². The summed E-state index contributed by atoms with van der Waals surface area (Å²) in [7, 11) is 3.41. The average molecular weight is 244 g/mol. The molecule has 0 aliphatic carbocycles. The molecular formula is C11H24N4O2. The zero-order valence-corrected chi connectivity index (χ0v) is 11.2. The zero-order chi connectivity index (χ0) is 13.4. The predicted octanol–water partition coefficient (Wildman–Crippen LogP) is -0.445. The van der Waals surface area contributed by atoms with Crippen LogP contribution in [0.15, 0.2) is 0 Å². The Morgan fingerprint density at radius 1 is 1.29 bits per heavy atom. The number of nitrogens with one attached hydrogen (secondary N) is 1. The Bertz CT molecular complexity index is 256. The SMILES string of the molecule is CCCN(CC(=O)N(C)C)C(CC)C(=O)NN. The van der Waals surface area contributed by atoms with Crippen LogP contribution in [0.4, 0.5) is 0 Å². The van der Waals surface area contributed by atoms with Crippen molar-refractivity contribution < 1.29 is 9.59 Å². The van der Waals surface area contributed by atoms with Crippen LogP contribution in [0.25, 0.3) is 0 Å². The van der Waals surface area contributed by atoms with Gasteiger partial charge in [-0.2, -0.15) is 0 Å². The lowest BCUT2D eigenvalue weighted by Crippen LogP contribution is -2.51. The van der Waals surface area contributed by atoms with Gasteiger partial charge in [0, 0.05) is 14.1 Å². The zero-order valence-electron chi connectivity index (χ0n) is 11.2. The van der Waals surface area contributed by atoms with Crippen LogP contribution in [-0.4, -0.2) is 54.8 Å². The third-order valence-corrected chi connectivity index (χ3v) is 2.62. The first-order valence-corrected chi connectivity index (χ1v) is 5.92. The number of amides is 2. The van der Waals surface area contributed by atoms with E-state index in [2.05, 4.69) is 5.43 Å². The molecule has 0 rings (SSSR count). The first-order valence-electron chi connectivity index (χ1n) is 5.92. The third kappa shape index (κ3) is 5.14. The summed E-state index contributed by atoms with van der Waals surface area (Å²) in [5.74, 6) is 4.90. The lowest BCUT2D eigenvalue weighted by molar-refractivity contribution is -0.133. The van der Waals surface area contributed by atoms with E-state index in [1.165, 1.54) is 4.90 Å². The van der Waals surface area contributed by atoms with Crippen molar-refractivity contribution in [3.63, 3.8) is 0 Å². The van der Waals surface area contributed by atoms with Gasteiger partial charge in [-0.15, -0.1) is 0 Å². The van der Waals surface area contributed by atoms with Gasteiger partial charge in [-0.05, 0) is 19.4 Å². The molecule has 1 unspecified atom stereocenters. The van der Waals surface area contributed by atoms with Gasteiger partial charge in [0.15, 0.2) is 0 Å². The largest absolute Gasteiger partial charge is 0.348 e. The Kier molecular flexibility index (Phi) is 7.49. The van der Waals surface area contributed by atoms with Gasteiger partial charge in [-0.3, -0.25) is 19.9 Å². The van der Waals surface area contributed by atoms with E-state index in [4.69, 9.17) is 5.84 Å². The summed E-state index contributed by atoms with van der Waals surface area (Å²) in [6, 6.07) is -0.344. The standard InChI is InChI=1S/C11H24N4O2/c1-5-7-15(8-10(16)14(3)4)9(6-2)11(17)13-12/h9H,5-8,12H2,1-4H3,(H,13,17). The van der Waals surface area contributed by atoms with E-state index in [9.17, 15) is 9.59 Å². The summed E-state index contributed by atoms with van der Waals surface area (Å²) in [5.41, 5.74) is 2.15. The molecule has 0 aromatic heterocycles. The minimum absolute atomic E-state index is 0.0123. The monoisotopic (exact) mass is 244 g/mol. The number of hydrogen-bond donors (Lipinski definition) is 2. The highest BCUT2D eigenvalue weighted by atomic mass is 16.2. The molecule has 1 atom stereocenters. The predicted molar refractivity (Wildman–Crippen MR) is 67.0 cm³/mol. The molecule has 6 heteroatoms. The number of nitrogens with two attached hydrogens (primary N) is 1. The molecule has 0 bridgehead atoms. The fraction of sp³-hybridized carbons (Fsp3) is 0.818. The van der Waals surface area contributed by atoms with E-state index in [-0.39, 0.29) is 24.4 Å². The number of carbonyl (C=O) groups is 2. The molecule has 0 aromatic rings. The summed E-state index contributed by atoms with van der Waals surface area (Å²) in [4.78, 5) is 26.7. The smallest absolute Gasteiger partial charge is 0.251 e. The second-order valence-electron chi connectivity index (χ2n) is 4.19. The maximum absolute atomic E-state index is 11.7. The van der Waals surface area contributed by atoms with Crippen molar-refractivity contribution in [2.24, 2.45) is 5.84 Å². The normalized spacial score (nSPS) is 12.4. The van der Waals surface area contributed by atoms with Crippen LogP contribution >= 0.6 is 0 Å². The molecule has 2 amide bonds. The Morgan fingerprint density at radius 2 is 1.88 bits per heavy atom. The lowest BCUT2D eigenvalue weighted by Gasteiger charge is -2.29. The molecule has 0 spiro atoms. The quantitative estimate of drug-likeness (QED) is 0.361. The van der Waals surface area contributed by atoms with Crippen molar-refractivity contribution in [2.75, 3.05) is 27.2 Å². The number of carbonyl (C=O) groups excluding carboxylic acids is 2. The van der Waals surface area contributed by atoms with Crippen LogP contribution in [0.5, 0.6) is 0 Å². The minimum Gasteiger partial charge on any atom is -0.348 e. The minimum atomic E-state index is -0.344. The molecule has 0 saturated heterocycles. The van der Waals surface area contributed by atoms with E-state index in [1.807, 2.05) is 18.7 Å². The molecule has 0 heterocycles. The van der Waals surface area contributed by atoms with Crippen molar-refractivity contribution in [1.29, 1.82) is 0 Å². The molecule has 17 heavy (non-hydrogen) atoms. The average Bonchev–Trinajstić information content (AvgIpc) is 2.29. The van der Waals surface area contributed by atoms with Crippen molar-refractivity contribution in [3.8, 4) is 0 Å². The van der Waals surface area contributed by atoms with Gasteiger partial charge in [-0.25, -0.2) is 5.84 Å². The van der Waals surface area contributed by atoms with Gasteiger partial charge in [0.05, 0.1) is 12.6 Å². The first-order chi connectivity index (χ1) is 7.97. The fourth-order valence-corrected chi connectivity index (χ4v) is 1.65. The fourth-order valence-electron chi connectivity index (χ4n) is 1.65. The van der Waals surface area contributed by atoms with E-state index in [1.54, 1.807) is 14.1 Å². The van der Waals surface area contributed by atoms with E-state index in [0.29, 0.717) is 13.0 Å². The number of hydrazine groups is 1. The maximum atomic E-state index is 11.7. The molecule has 0 saturated carbocycles. The Balaban J connectivity index is 4.68. The van der Waals surface area contributed by atoms with Crippen LogP contribution in [0.3, 0.4) is 0 Å². The molecule has 0 aliphatic heterocycles. The van der Waals surface area contributed by atoms with Crippen molar-refractivity contribution in [2.45, 2.75) is 32.7 Å². The second-order valence-corrected chi connectivity index (χ2v) is 4.19. The van der Waals surface area contributed by atoms with Crippen LogP contribution < -0.4 is 11.3 Å². The van der Waals surface area contributed by atoms with Crippen LogP contribution in [0, 0.1) is 0 Å². The maximum Gasteiger partial charge on any atom is 0.251 e. The molecule has 0 aliphatic rings. The lowest BCUT2D eigenvalue weighted by atomic mass is 10.1. The summed E-state index contributed by atoms with van der Waals surface area (Å²) in [6.07, 6.45) is 1.51. The summed E-state index contributed by atoms with van der Waals surface area (Å²) >= 11 is 0. The second kappa shape index (κ2) is 8.03. The topological polar surface area (TPSA) is 78.7 Å². The van der Waals surface area contributed by atoms with Crippen LogP contribution in [-0.2, 0) is 9.59 Å². The highest BCUT2D eigenvalue weighted by molar-refractivity contribution is 5.83. The molecule has 0 aromatic carbocycles. The van der Waals surface area contributed by atoms with Crippen molar-refractivity contribution in [3.05, 3.63) is 0 Å². The number of hydrogen-bond acceptors (Lipinski definition) is 4. The summed E-state index contributed by atoms with van der Waals surface area (Å²) in [6.45, 7) is 4.86. The third-order valence-electron chi connectivity index (χ3n) is 2.62. The highest BCUT2D eigenvalue weighted by Gasteiger charge is 2.25. The van der Waals surface area contributed by atoms with Crippen LogP contribution in [0.1, 0.15) is 26.7 Å². The number of nitrogens with zero attached hydrogens (tertiary/aromatic N) is 2. The molecule has 0 radical (unpaired) electrons. The molecule has 100 valence electrons. The molecule has 6 nitrogen and oxygen atoms in total. The molecular weight excluding hydrogens is 220 g/mol. The number of rotatable bonds is 7. The van der Waals surface area contributed by atoms with Gasteiger partial charge >= 0.3 is 0 Å². The first kappa shape index (κ1) is 15.9. The summed E-state index contributed by atoms with van der Waals surface area (Å²) < 4.78 is 0. The van der Waals surface area contributed by atoms with Gasteiger partial charge in [0.25, 0.3) is 5.91 Å². The summed E-state index contributed by atoms with van der Waals surface area (Å²) in [5, 5.41) is 0. The Hall–Kier alpha value is -1.14. The van der Waals surface area contributed by atoms with E-state index >= 15 is 0 Å². The van der Waals surface area contributed by atoms with Crippen LogP contribution in [0.2, 0.25) is 0 Å². The molecule has 0 fully saturated rings. The van der Waals surface area contributed by atoms with E-state index in [0.717, 1.165) is 6.42 Å². The van der Waals surface area contributed by atoms with Gasteiger partial charge in [0.2, 0.25) is 5.91 Å². The number of likely N-dealkylation sites (N-methyl/N-ethyl adjacent to an activating group) is 1. The van der Waals surface area contributed by atoms with Crippen molar-refractivity contribution in [1.82, 2.24) is 15.2 Å². The Morgan fingerprint density at radius 3 is 2.24 bits per heavy atom. The van der Waals surface area contributed by atoms with Gasteiger partial charge < -0.3 is 4.90 Å². The van der Waals surface area contributed by atoms with Gasteiger partial charge in [0.1, 0.15) is 0 Å². The van der Waals surface area contributed by atoms with Gasteiger partial charge in [-0.1, -0.05) is 13.8 Å². The highest BCUT2D eigenvalue weighted by Crippen LogP contribution is 2.06. The van der Waals surface area contributed by atoms with E-state index < -0.39 is 0 Å². The van der Waals surface area contributed by atoms with Crippen molar-refractivity contribution >= 4 is 11.8 Å².